The molecule has 20 heavy (non-hydrogen) atoms. The van der Waals surface area contributed by atoms with E-state index in [1.54, 1.807) is 0 Å². The fourth-order valence-corrected chi connectivity index (χ4v) is 2.74. The van der Waals surface area contributed by atoms with Crippen molar-refractivity contribution in [2.45, 2.75) is 71.6 Å². The molecule has 0 saturated heterocycles. The van der Waals surface area contributed by atoms with E-state index in [0.29, 0.717) is 19.0 Å². The van der Waals surface area contributed by atoms with Crippen molar-refractivity contribution in [2.24, 2.45) is 5.92 Å². The first kappa shape index (κ1) is 19.9. The summed E-state index contributed by atoms with van der Waals surface area (Å²) in [6.07, 6.45) is 12.3. The Balaban J connectivity index is 3.44. The highest BCUT2D eigenvalue weighted by Crippen LogP contribution is 2.14. The summed E-state index contributed by atoms with van der Waals surface area (Å²) in [6.45, 7) is 7.28. The number of unbranched alkanes of at least 4 members (excludes halogenated alkanes) is 7. The van der Waals surface area contributed by atoms with Gasteiger partial charge < -0.3 is 10.2 Å². The molecule has 3 nitrogen and oxygen atoms in total. The van der Waals surface area contributed by atoms with E-state index in [9.17, 15) is 0 Å². The molecule has 2 N–H and O–H groups in total. The number of aliphatic hydroxyl groups excluding tert-OH is 2. The molecule has 0 radical (unpaired) electrons. The molecule has 0 saturated carbocycles. The van der Waals surface area contributed by atoms with E-state index in [0.717, 1.165) is 6.54 Å². The van der Waals surface area contributed by atoms with E-state index in [1.165, 1.54) is 57.8 Å². The zero-order valence-corrected chi connectivity index (χ0v) is 13.8. The first-order valence-corrected chi connectivity index (χ1v) is 8.68. The SMILES string of the molecule is CCCCCCCCCCC(C)CN(CCO)CCO. The minimum absolute atomic E-state index is 0.185. The summed E-state index contributed by atoms with van der Waals surface area (Å²) in [4.78, 5) is 2.16. The van der Waals surface area contributed by atoms with Crippen LogP contribution in [-0.2, 0) is 0 Å². The number of nitrogens with zero attached hydrogens (tertiary/aromatic N) is 1. The third-order valence-corrected chi connectivity index (χ3v) is 3.95. The Kier molecular flexibility index (Phi) is 15.2. The van der Waals surface area contributed by atoms with Crippen LogP contribution in [0, 0.1) is 5.92 Å². The standard InChI is InChI=1S/C17H37NO2/c1-3-4-5-6-7-8-9-10-11-17(2)16-18(12-14-19)13-15-20/h17,19-20H,3-16H2,1-2H3. The minimum atomic E-state index is 0.185. The summed E-state index contributed by atoms with van der Waals surface area (Å²) in [7, 11) is 0. The van der Waals surface area contributed by atoms with E-state index in [4.69, 9.17) is 10.2 Å². The molecule has 0 aromatic heterocycles. The topological polar surface area (TPSA) is 43.7 Å². The van der Waals surface area contributed by atoms with Crippen molar-refractivity contribution in [3.63, 3.8) is 0 Å². The molecular formula is C17H37NO2. The maximum atomic E-state index is 8.99. The van der Waals surface area contributed by atoms with Gasteiger partial charge in [0.05, 0.1) is 13.2 Å². The maximum Gasteiger partial charge on any atom is 0.0558 e. The quantitative estimate of drug-likeness (QED) is 0.453. The molecule has 0 aliphatic carbocycles. The first-order chi connectivity index (χ1) is 9.74. The summed E-state index contributed by atoms with van der Waals surface area (Å²) < 4.78 is 0. The summed E-state index contributed by atoms with van der Waals surface area (Å²) in [5, 5.41) is 18.0. The van der Waals surface area contributed by atoms with Crippen LogP contribution in [-0.4, -0.2) is 48.0 Å². The average molecular weight is 287 g/mol. The van der Waals surface area contributed by atoms with E-state index >= 15 is 0 Å². The van der Waals surface area contributed by atoms with Gasteiger partial charge in [0.2, 0.25) is 0 Å². The second-order valence-corrected chi connectivity index (χ2v) is 6.12. The highest BCUT2D eigenvalue weighted by atomic mass is 16.3. The number of rotatable bonds is 15. The third kappa shape index (κ3) is 12.9. The molecule has 122 valence electrons. The van der Waals surface area contributed by atoms with Crippen LogP contribution in [0.3, 0.4) is 0 Å². The molecule has 0 aliphatic rings. The van der Waals surface area contributed by atoms with Gasteiger partial charge in [-0.05, 0) is 12.3 Å². The molecule has 0 aromatic carbocycles. The molecular weight excluding hydrogens is 250 g/mol. The van der Waals surface area contributed by atoms with Crippen LogP contribution in [0.25, 0.3) is 0 Å². The van der Waals surface area contributed by atoms with E-state index < -0.39 is 0 Å². The zero-order chi connectivity index (χ0) is 15.1. The Morgan fingerprint density at radius 3 is 1.80 bits per heavy atom. The van der Waals surface area contributed by atoms with Gasteiger partial charge in [-0.15, -0.1) is 0 Å². The van der Waals surface area contributed by atoms with E-state index in [-0.39, 0.29) is 13.2 Å². The van der Waals surface area contributed by atoms with Gasteiger partial charge in [0.15, 0.2) is 0 Å². The van der Waals surface area contributed by atoms with Crippen molar-refractivity contribution in [1.29, 1.82) is 0 Å². The predicted molar refractivity (Wildman–Crippen MR) is 87.0 cm³/mol. The smallest absolute Gasteiger partial charge is 0.0558 e. The van der Waals surface area contributed by atoms with Crippen LogP contribution >= 0.6 is 0 Å². The minimum Gasteiger partial charge on any atom is -0.395 e. The molecule has 0 rings (SSSR count). The van der Waals surface area contributed by atoms with Crippen molar-refractivity contribution in [2.75, 3.05) is 32.8 Å². The lowest BCUT2D eigenvalue weighted by molar-refractivity contribution is 0.144. The van der Waals surface area contributed by atoms with Crippen LogP contribution in [0.2, 0.25) is 0 Å². The summed E-state index contributed by atoms with van der Waals surface area (Å²) in [5.74, 6) is 0.660. The van der Waals surface area contributed by atoms with Crippen molar-refractivity contribution < 1.29 is 10.2 Å². The van der Waals surface area contributed by atoms with Crippen LogP contribution in [0.5, 0.6) is 0 Å². The van der Waals surface area contributed by atoms with Gasteiger partial charge in [-0.1, -0.05) is 65.2 Å². The molecule has 0 spiro atoms. The molecule has 0 aromatic rings. The Morgan fingerprint density at radius 1 is 0.800 bits per heavy atom. The number of hydrogen-bond acceptors (Lipinski definition) is 3. The molecule has 0 heterocycles. The molecule has 0 amide bonds. The molecule has 0 bridgehead atoms. The molecule has 1 atom stereocenters. The van der Waals surface area contributed by atoms with Gasteiger partial charge in [-0.25, -0.2) is 0 Å². The fraction of sp³-hybridized carbons (Fsp3) is 1.00. The van der Waals surface area contributed by atoms with Crippen LogP contribution in [0.1, 0.15) is 71.6 Å². The van der Waals surface area contributed by atoms with E-state index in [1.807, 2.05) is 0 Å². The highest BCUT2D eigenvalue weighted by molar-refractivity contribution is 4.63. The van der Waals surface area contributed by atoms with Crippen molar-refractivity contribution in [3.05, 3.63) is 0 Å². The van der Waals surface area contributed by atoms with Crippen LogP contribution < -0.4 is 0 Å². The monoisotopic (exact) mass is 287 g/mol. The summed E-state index contributed by atoms with van der Waals surface area (Å²) in [5.41, 5.74) is 0. The Bertz CT molecular complexity index is 182. The Hall–Kier alpha value is -0.120. The first-order valence-electron chi connectivity index (χ1n) is 8.68. The largest absolute Gasteiger partial charge is 0.395 e. The lowest BCUT2D eigenvalue weighted by Gasteiger charge is -2.24. The van der Waals surface area contributed by atoms with Crippen LogP contribution in [0.4, 0.5) is 0 Å². The van der Waals surface area contributed by atoms with Gasteiger partial charge in [0.25, 0.3) is 0 Å². The second kappa shape index (κ2) is 15.3. The zero-order valence-electron chi connectivity index (χ0n) is 13.8. The Labute approximate surface area is 126 Å². The third-order valence-electron chi connectivity index (χ3n) is 3.95. The lowest BCUT2D eigenvalue weighted by Crippen LogP contribution is -2.33. The number of aliphatic hydroxyl groups is 2. The van der Waals surface area contributed by atoms with Crippen molar-refractivity contribution in [3.8, 4) is 0 Å². The highest BCUT2D eigenvalue weighted by Gasteiger charge is 2.09. The van der Waals surface area contributed by atoms with Gasteiger partial charge in [0, 0.05) is 19.6 Å². The van der Waals surface area contributed by atoms with Crippen LogP contribution in [0.15, 0.2) is 0 Å². The van der Waals surface area contributed by atoms with Crippen molar-refractivity contribution in [1.82, 2.24) is 4.90 Å². The molecule has 0 fully saturated rings. The maximum absolute atomic E-state index is 8.99. The second-order valence-electron chi connectivity index (χ2n) is 6.12. The molecule has 1 unspecified atom stereocenters. The van der Waals surface area contributed by atoms with Gasteiger partial charge >= 0.3 is 0 Å². The fourth-order valence-electron chi connectivity index (χ4n) is 2.74. The van der Waals surface area contributed by atoms with E-state index in [2.05, 4.69) is 18.7 Å². The van der Waals surface area contributed by atoms with Gasteiger partial charge in [0.1, 0.15) is 0 Å². The predicted octanol–water partition coefficient (Wildman–Crippen LogP) is 3.44. The van der Waals surface area contributed by atoms with Gasteiger partial charge in [-0.3, -0.25) is 4.90 Å². The summed E-state index contributed by atoms with van der Waals surface area (Å²) in [6, 6.07) is 0. The molecule has 3 heteroatoms. The van der Waals surface area contributed by atoms with Crippen molar-refractivity contribution >= 4 is 0 Å². The van der Waals surface area contributed by atoms with Gasteiger partial charge in [-0.2, -0.15) is 0 Å². The number of hydrogen-bond donors (Lipinski definition) is 2. The molecule has 0 aliphatic heterocycles. The summed E-state index contributed by atoms with van der Waals surface area (Å²) >= 11 is 0. The average Bonchev–Trinajstić information content (AvgIpc) is 2.42. The lowest BCUT2D eigenvalue weighted by atomic mass is 10.0. The Morgan fingerprint density at radius 2 is 1.30 bits per heavy atom. The normalized spacial score (nSPS) is 13.1.